The summed E-state index contributed by atoms with van der Waals surface area (Å²) in [4.78, 5) is 1.90. The van der Waals surface area contributed by atoms with Gasteiger partial charge in [-0.15, -0.1) is 0 Å². The molecule has 17 heteroatoms. The number of para-hydroxylation sites is 1. The van der Waals surface area contributed by atoms with Crippen LogP contribution in [0.25, 0.3) is 11.5 Å². The molecule has 1 atom stereocenters. The van der Waals surface area contributed by atoms with Crippen LogP contribution in [0.4, 0.5) is 0 Å². The maximum Gasteiger partial charge on any atom is 0.589 e. The van der Waals surface area contributed by atoms with Gasteiger partial charge in [0.25, 0.3) is 0 Å². The Hall–Kier alpha value is -2.01. The second-order valence-electron chi connectivity index (χ2n) is 11.6. The Morgan fingerprint density at radius 2 is 1.31 bits per heavy atom. The SMILES string of the molecule is COc1cccc(CCc2ccccc2OCC(CN(C)C)OCOP(=O)(O/C(=C/Cl)c2cc(Cl)c(Cl)cc2Cl)O/C(=C/Cl)c2cc(Cl)c(Cl)cc2Cl)c1. The lowest BCUT2D eigenvalue weighted by Gasteiger charge is -2.25. The molecule has 0 saturated heterocycles. The number of rotatable bonds is 19. The molecule has 4 aromatic rings. The quantitative estimate of drug-likeness (QED) is 0.0398. The summed E-state index contributed by atoms with van der Waals surface area (Å²) >= 11 is 49.8. The molecule has 1 unspecified atom stereocenters. The number of nitrogens with zero attached hydrogens (tertiary/aromatic N) is 1. The van der Waals surface area contributed by atoms with E-state index in [4.69, 9.17) is 121 Å². The second kappa shape index (κ2) is 21.5. The lowest BCUT2D eigenvalue weighted by atomic mass is 10.0. The number of phosphoric acid groups is 1. The lowest BCUT2D eigenvalue weighted by molar-refractivity contribution is -0.0686. The first-order valence-electron chi connectivity index (χ1n) is 15.9. The van der Waals surface area contributed by atoms with Gasteiger partial charge in [-0.1, -0.05) is 123 Å². The van der Waals surface area contributed by atoms with Crippen LogP contribution in [0.5, 0.6) is 11.5 Å². The van der Waals surface area contributed by atoms with Gasteiger partial charge in [-0.25, -0.2) is 9.09 Å². The Morgan fingerprint density at radius 1 is 0.741 bits per heavy atom. The van der Waals surface area contributed by atoms with Crippen LogP contribution in [0.1, 0.15) is 22.3 Å². The molecule has 0 saturated carbocycles. The van der Waals surface area contributed by atoms with Gasteiger partial charge in [0.1, 0.15) is 24.2 Å². The smallest absolute Gasteiger partial charge is 0.497 e. The van der Waals surface area contributed by atoms with Gasteiger partial charge >= 0.3 is 7.82 Å². The molecule has 0 heterocycles. The van der Waals surface area contributed by atoms with Crippen LogP contribution >= 0.6 is 101 Å². The fraction of sp³-hybridized carbons (Fsp3) is 0.243. The van der Waals surface area contributed by atoms with Crippen molar-refractivity contribution in [3.63, 3.8) is 0 Å². The Balaban J connectivity index is 1.54. The van der Waals surface area contributed by atoms with Crippen molar-refractivity contribution in [2.75, 3.05) is 41.1 Å². The summed E-state index contributed by atoms with van der Waals surface area (Å²) in [7, 11) is 0.606. The predicted octanol–water partition coefficient (Wildman–Crippen LogP) is 13.3. The number of halogens is 8. The van der Waals surface area contributed by atoms with Gasteiger partial charge in [-0.05, 0) is 80.5 Å². The van der Waals surface area contributed by atoms with E-state index in [-0.39, 0.29) is 59.4 Å². The Labute approximate surface area is 354 Å². The van der Waals surface area contributed by atoms with E-state index < -0.39 is 20.7 Å². The number of likely N-dealkylation sites (N-methyl/N-ethyl adjacent to an activating group) is 1. The van der Waals surface area contributed by atoms with Crippen molar-refractivity contribution in [1.82, 2.24) is 4.90 Å². The number of ether oxygens (including phenoxy) is 3. The van der Waals surface area contributed by atoms with Gasteiger partial charge in [0, 0.05) is 28.7 Å². The third-order valence-electron chi connectivity index (χ3n) is 7.47. The van der Waals surface area contributed by atoms with Crippen molar-refractivity contribution in [3.8, 4) is 11.5 Å². The average Bonchev–Trinajstić information content (AvgIpc) is 3.14. The van der Waals surface area contributed by atoms with E-state index in [1.807, 2.05) is 61.5 Å². The molecule has 8 nitrogen and oxygen atoms in total. The first kappa shape index (κ1) is 44.7. The molecule has 4 rings (SSSR count). The lowest BCUT2D eigenvalue weighted by Crippen LogP contribution is -2.34. The first-order valence-corrected chi connectivity index (χ1v) is 20.5. The van der Waals surface area contributed by atoms with Crippen molar-refractivity contribution in [2.45, 2.75) is 18.9 Å². The van der Waals surface area contributed by atoms with Crippen molar-refractivity contribution < 1.29 is 32.3 Å². The number of aryl methyl sites for hydroxylation is 2. The van der Waals surface area contributed by atoms with E-state index in [2.05, 4.69) is 6.07 Å². The topological polar surface area (TPSA) is 75.7 Å². The van der Waals surface area contributed by atoms with Crippen LogP contribution < -0.4 is 9.47 Å². The third kappa shape index (κ3) is 13.0. The normalized spacial score (nSPS) is 12.9. The van der Waals surface area contributed by atoms with Gasteiger partial charge in [-0.3, -0.25) is 0 Å². The Kier molecular flexibility index (Phi) is 17.8. The molecular weight excluding hydrogens is 885 g/mol. The summed E-state index contributed by atoms with van der Waals surface area (Å²) in [5.41, 5.74) is 4.33. The van der Waals surface area contributed by atoms with E-state index in [1.54, 1.807) is 7.11 Å². The van der Waals surface area contributed by atoms with Crippen molar-refractivity contribution >= 4 is 112 Å². The summed E-state index contributed by atoms with van der Waals surface area (Å²) in [6.07, 6.45) is 0.915. The van der Waals surface area contributed by atoms with Crippen molar-refractivity contribution in [3.05, 3.63) is 136 Å². The van der Waals surface area contributed by atoms with Gasteiger partial charge < -0.3 is 28.2 Å². The van der Waals surface area contributed by atoms with Crippen LogP contribution in [0.2, 0.25) is 30.1 Å². The summed E-state index contributed by atoms with van der Waals surface area (Å²) in [5.74, 6) is 1.01. The van der Waals surface area contributed by atoms with Crippen LogP contribution in [0.15, 0.2) is 83.9 Å². The van der Waals surface area contributed by atoms with E-state index in [9.17, 15) is 4.57 Å². The molecule has 0 radical (unpaired) electrons. The zero-order chi connectivity index (χ0) is 39.4. The van der Waals surface area contributed by atoms with Crippen LogP contribution in [-0.4, -0.2) is 52.2 Å². The summed E-state index contributed by atoms with van der Waals surface area (Å²) < 4.78 is 49.5. The van der Waals surface area contributed by atoms with Gasteiger partial charge in [-0.2, -0.15) is 0 Å². The number of benzene rings is 4. The van der Waals surface area contributed by atoms with E-state index in [0.717, 1.165) is 40.8 Å². The fourth-order valence-electron chi connectivity index (χ4n) is 4.88. The zero-order valence-electron chi connectivity index (χ0n) is 29.0. The third-order valence-corrected chi connectivity index (χ3v) is 11.2. The molecule has 0 aliphatic rings. The highest BCUT2D eigenvalue weighted by Crippen LogP contribution is 2.57. The summed E-state index contributed by atoms with van der Waals surface area (Å²) in [5, 5.41) is 0.719. The van der Waals surface area contributed by atoms with Gasteiger partial charge in [0.2, 0.25) is 0 Å². The highest BCUT2D eigenvalue weighted by molar-refractivity contribution is 7.49. The molecule has 0 bridgehead atoms. The minimum atomic E-state index is -4.77. The molecule has 0 spiro atoms. The number of hydrogen-bond acceptors (Lipinski definition) is 8. The maximum atomic E-state index is 14.5. The molecule has 0 aliphatic carbocycles. The predicted molar refractivity (Wildman–Crippen MR) is 222 cm³/mol. The molecule has 0 aliphatic heterocycles. The minimum Gasteiger partial charge on any atom is -0.497 e. The summed E-state index contributed by atoms with van der Waals surface area (Å²) in [6.45, 7) is -0.0914. The number of phosphoric ester groups is 1. The highest BCUT2D eigenvalue weighted by atomic mass is 35.5. The molecular formula is C37H34Cl8NO7P. The van der Waals surface area contributed by atoms with Crippen LogP contribution in [-0.2, 0) is 35.7 Å². The molecule has 0 N–H and O–H groups in total. The van der Waals surface area contributed by atoms with E-state index in [1.165, 1.54) is 24.3 Å². The molecule has 0 aromatic heterocycles. The standard InChI is InChI=1S/C37H34Cl8NO7P/c1-46(2)20-26(21-49-35-10-5-4-8-24(35)12-11-23-7-6-9-25(13-23)48-3)50-22-51-54(47,52-36(18-38)27-14-31(42)33(44)16-29(27)40)53-37(19-39)28-15-32(43)34(45)17-30(28)41/h4-10,13-19,26H,11-12,20-22H2,1-3H3/b36-18+,37-19+. The van der Waals surface area contributed by atoms with Crippen molar-refractivity contribution in [1.29, 1.82) is 0 Å². The average molecular weight is 919 g/mol. The Bertz CT molecular complexity index is 1930. The molecule has 0 amide bonds. The highest BCUT2D eigenvalue weighted by Gasteiger charge is 2.35. The molecule has 4 aromatic carbocycles. The van der Waals surface area contributed by atoms with E-state index in [0.29, 0.717) is 12.3 Å². The Morgan fingerprint density at radius 3 is 1.87 bits per heavy atom. The number of hydrogen-bond donors (Lipinski definition) is 0. The zero-order valence-corrected chi connectivity index (χ0v) is 35.9. The molecule has 0 fully saturated rings. The molecule has 54 heavy (non-hydrogen) atoms. The first-order chi connectivity index (χ1) is 25.7. The second-order valence-corrected chi connectivity index (χ2v) is 16.0. The number of methoxy groups -OCH3 is 1. The molecule has 290 valence electrons. The monoisotopic (exact) mass is 915 g/mol. The minimum absolute atomic E-state index is 0.0757. The van der Waals surface area contributed by atoms with Gasteiger partial charge in [0.05, 0.1) is 37.2 Å². The van der Waals surface area contributed by atoms with Crippen LogP contribution in [0, 0.1) is 0 Å². The maximum absolute atomic E-state index is 14.5. The summed E-state index contributed by atoms with van der Waals surface area (Å²) in [6, 6.07) is 21.1. The largest absolute Gasteiger partial charge is 0.589 e. The van der Waals surface area contributed by atoms with E-state index >= 15 is 0 Å². The van der Waals surface area contributed by atoms with Crippen LogP contribution in [0.3, 0.4) is 0 Å². The fourth-order valence-corrected chi connectivity index (χ4v) is 7.73. The van der Waals surface area contributed by atoms with Crippen molar-refractivity contribution in [2.24, 2.45) is 0 Å². The van der Waals surface area contributed by atoms with Gasteiger partial charge in [0.15, 0.2) is 18.3 Å².